The van der Waals surface area contributed by atoms with E-state index in [9.17, 15) is 18.0 Å². The molecule has 0 spiro atoms. The van der Waals surface area contributed by atoms with Crippen molar-refractivity contribution in [3.8, 4) is 0 Å². The van der Waals surface area contributed by atoms with E-state index in [1.165, 1.54) is 0 Å². The third-order valence-electron chi connectivity index (χ3n) is 2.13. The van der Waals surface area contributed by atoms with Crippen molar-refractivity contribution in [1.82, 2.24) is 0 Å². The SMILES string of the molecule is CCCCCC(N)CCOC(=O)C(F)(F)F. The number of alkyl halides is 3. The van der Waals surface area contributed by atoms with Gasteiger partial charge in [-0.1, -0.05) is 26.2 Å². The van der Waals surface area contributed by atoms with Crippen molar-refractivity contribution in [3.63, 3.8) is 0 Å². The molecule has 96 valence electrons. The van der Waals surface area contributed by atoms with Gasteiger partial charge in [0, 0.05) is 6.04 Å². The molecule has 0 amide bonds. The van der Waals surface area contributed by atoms with Crippen molar-refractivity contribution < 1.29 is 22.7 Å². The molecular formula is C10H18F3NO2. The maximum absolute atomic E-state index is 11.7. The van der Waals surface area contributed by atoms with E-state index in [-0.39, 0.29) is 19.1 Å². The number of halogens is 3. The van der Waals surface area contributed by atoms with Crippen LogP contribution in [0.5, 0.6) is 0 Å². The summed E-state index contributed by atoms with van der Waals surface area (Å²) in [6.45, 7) is 1.78. The molecule has 0 aliphatic carbocycles. The number of nitrogens with two attached hydrogens (primary N) is 1. The summed E-state index contributed by atoms with van der Waals surface area (Å²) < 4.78 is 39.2. The van der Waals surface area contributed by atoms with Gasteiger partial charge in [0.25, 0.3) is 0 Å². The van der Waals surface area contributed by atoms with Gasteiger partial charge in [-0.15, -0.1) is 0 Å². The Hall–Kier alpha value is -0.780. The van der Waals surface area contributed by atoms with Gasteiger partial charge in [-0.2, -0.15) is 13.2 Å². The summed E-state index contributed by atoms with van der Waals surface area (Å²) in [5, 5.41) is 0. The van der Waals surface area contributed by atoms with E-state index >= 15 is 0 Å². The van der Waals surface area contributed by atoms with Crippen molar-refractivity contribution in [2.24, 2.45) is 5.73 Å². The molecule has 6 heteroatoms. The van der Waals surface area contributed by atoms with Crippen LogP contribution >= 0.6 is 0 Å². The molecule has 3 nitrogen and oxygen atoms in total. The lowest BCUT2D eigenvalue weighted by atomic mass is 10.1. The summed E-state index contributed by atoms with van der Waals surface area (Å²) in [6.07, 6.45) is -0.827. The fourth-order valence-electron chi connectivity index (χ4n) is 1.19. The Balaban J connectivity index is 3.54. The van der Waals surface area contributed by atoms with Crippen LogP contribution in [-0.4, -0.2) is 24.8 Å². The van der Waals surface area contributed by atoms with Gasteiger partial charge < -0.3 is 10.5 Å². The van der Waals surface area contributed by atoms with E-state index in [0.29, 0.717) is 0 Å². The number of carbonyl (C=O) groups excluding carboxylic acids is 1. The molecule has 0 radical (unpaired) electrons. The Kier molecular flexibility index (Phi) is 7.12. The predicted molar refractivity (Wildman–Crippen MR) is 53.7 cm³/mol. The Bertz CT molecular complexity index is 207. The third kappa shape index (κ3) is 7.50. The molecule has 0 saturated carbocycles. The van der Waals surface area contributed by atoms with Gasteiger partial charge in [-0.3, -0.25) is 0 Å². The molecule has 0 fully saturated rings. The zero-order chi connectivity index (χ0) is 12.6. The lowest BCUT2D eigenvalue weighted by Gasteiger charge is -2.12. The molecule has 2 N–H and O–H groups in total. The third-order valence-corrected chi connectivity index (χ3v) is 2.13. The molecule has 0 aromatic rings. The van der Waals surface area contributed by atoms with Crippen molar-refractivity contribution in [1.29, 1.82) is 0 Å². The lowest BCUT2D eigenvalue weighted by molar-refractivity contribution is -0.199. The fraction of sp³-hybridized carbons (Fsp3) is 0.900. The fourth-order valence-corrected chi connectivity index (χ4v) is 1.19. The quantitative estimate of drug-likeness (QED) is 0.550. The smallest absolute Gasteiger partial charge is 0.459 e. The Morgan fingerprint density at radius 1 is 1.31 bits per heavy atom. The van der Waals surface area contributed by atoms with Crippen LogP contribution in [0.25, 0.3) is 0 Å². The Labute approximate surface area is 93.1 Å². The van der Waals surface area contributed by atoms with Crippen LogP contribution in [0.3, 0.4) is 0 Å². The minimum Gasteiger partial charge on any atom is -0.459 e. The maximum atomic E-state index is 11.7. The Morgan fingerprint density at radius 2 is 1.94 bits per heavy atom. The summed E-state index contributed by atoms with van der Waals surface area (Å²) in [7, 11) is 0. The van der Waals surface area contributed by atoms with Gasteiger partial charge >= 0.3 is 12.1 Å². The number of esters is 1. The van der Waals surface area contributed by atoms with Gasteiger partial charge in [0.05, 0.1) is 6.61 Å². The van der Waals surface area contributed by atoms with Crippen LogP contribution in [0.4, 0.5) is 13.2 Å². The molecule has 0 heterocycles. The topological polar surface area (TPSA) is 52.3 Å². The zero-order valence-corrected chi connectivity index (χ0v) is 9.35. The highest BCUT2D eigenvalue weighted by Gasteiger charge is 2.40. The summed E-state index contributed by atoms with van der Waals surface area (Å²) in [5.74, 6) is -2.15. The minimum absolute atomic E-state index is 0.201. The van der Waals surface area contributed by atoms with Crippen molar-refractivity contribution in [2.75, 3.05) is 6.61 Å². The summed E-state index contributed by atoms with van der Waals surface area (Å²) in [4.78, 5) is 10.3. The van der Waals surface area contributed by atoms with Crippen LogP contribution in [0.2, 0.25) is 0 Å². The van der Waals surface area contributed by atoms with Crippen molar-refractivity contribution in [3.05, 3.63) is 0 Å². The second kappa shape index (κ2) is 7.49. The van der Waals surface area contributed by atoms with Gasteiger partial charge in [-0.05, 0) is 12.8 Å². The number of hydrogen-bond acceptors (Lipinski definition) is 3. The summed E-state index contributed by atoms with van der Waals surface area (Å²) >= 11 is 0. The van der Waals surface area contributed by atoms with E-state index in [1.807, 2.05) is 0 Å². The average molecular weight is 241 g/mol. The molecule has 0 aromatic heterocycles. The van der Waals surface area contributed by atoms with Gasteiger partial charge in [-0.25, -0.2) is 4.79 Å². The summed E-state index contributed by atoms with van der Waals surface area (Å²) in [5.41, 5.74) is 5.64. The van der Waals surface area contributed by atoms with Crippen LogP contribution in [0.1, 0.15) is 39.0 Å². The first-order valence-electron chi connectivity index (χ1n) is 5.37. The second-order valence-corrected chi connectivity index (χ2v) is 3.68. The maximum Gasteiger partial charge on any atom is 0.490 e. The average Bonchev–Trinajstić information content (AvgIpc) is 2.16. The monoisotopic (exact) mass is 241 g/mol. The molecule has 0 aliphatic rings. The van der Waals surface area contributed by atoms with E-state index in [2.05, 4.69) is 11.7 Å². The second-order valence-electron chi connectivity index (χ2n) is 3.68. The first-order valence-corrected chi connectivity index (χ1v) is 5.37. The molecule has 0 aromatic carbocycles. The first-order chi connectivity index (χ1) is 7.38. The highest BCUT2D eigenvalue weighted by atomic mass is 19.4. The first kappa shape index (κ1) is 15.2. The molecule has 0 aliphatic heterocycles. The van der Waals surface area contributed by atoms with Crippen LogP contribution < -0.4 is 5.73 Å². The number of rotatable bonds is 7. The largest absolute Gasteiger partial charge is 0.490 e. The zero-order valence-electron chi connectivity index (χ0n) is 9.35. The van der Waals surface area contributed by atoms with Crippen molar-refractivity contribution >= 4 is 5.97 Å². The van der Waals surface area contributed by atoms with Crippen LogP contribution in [0.15, 0.2) is 0 Å². The van der Waals surface area contributed by atoms with E-state index in [0.717, 1.165) is 25.7 Å². The van der Waals surface area contributed by atoms with E-state index in [1.54, 1.807) is 0 Å². The van der Waals surface area contributed by atoms with Crippen molar-refractivity contribution in [2.45, 2.75) is 51.2 Å². The highest BCUT2D eigenvalue weighted by molar-refractivity contribution is 5.75. The molecule has 1 unspecified atom stereocenters. The predicted octanol–water partition coefficient (Wildman–Crippen LogP) is 2.39. The highest BCUT2D eigenvalue weighted by Crippen LogP contribution is 2.16. The normalized spacial score (nSPS) is 13.6. The molecule has 0 bridgehead atoms. The number of unbranched alkanes of at least 4 members (excludes halogenated alkanes) is 2. The van der Waals surface area contributed by atoms with Gasteiger partial charge in [0.2, 0.25) is 0 Å². The number of carbonyl (C=O) groups is 1. The van der Waals surface area contributed by atoms with E-state index < -0.39 is 12.1 Å². The Morgan fingerprint density at radius 3 is 2.44 bits per heavy atom. The molecular weight excluding hydrogens is 223 g/mol. The van der Waals surface area contributed by atoms with Gasteiger partial charge in [0.15, 0.2) is 0 Å². The van der Waals surface area contributed by atoms with Crippen LogP contribution in [0, 0.1) is 0 Å². The molecule has 0 rings (SSSR count). The minimum atomic E-state index is -4.91. The lowest BCUT2D eigenvalue weighted by Crippen LogP contribution is -2.28. The standard InChI is InChI=1S/C10H18F3NO2/c1-2-3-4-5-8(14)6-7-16-9(15)10(11,12)13/h8H,2-7,14H2,1H3. The van der Waals surface area contributed by atoms with E-state index in [4.69, 9.17) is 5.73 Å². The van der Waals surface area contributed by atoms with Gasteiger partial charge in [0.1, 0.15) is 0 Å². The molecule has 1 atom stereocenters. The van der Waals surface area contributed by atoms with Crippen LogP contribution in [-0.2, 0) is 9.53 Å². The molecule has 0 saturated heterocycles. The number of hydrogen-bond donors (Lipinski definition) is 1. The number of ether oxygens (including phenoxy) is 1. The molecule has 16 heavy (non-hydrogen) atoms. The summed E-state index contributed by atoms with van der Waals surface area (Å²) in [6, 6.07) is -0.201.